The van der Waals surface area contributed by atoms with E-state index >= 15 is 0 Å². The van der Waals surface area contributed by atoms with Crippen molar-refractivity contribution < 1.29 is 23.2 Å². The summed E-state index contributed by atoms with van der Waals surface area (Å²) in [4.78, 5) is 40.0. The molecule has 1 heterocycles. The molecule has 0 spiro atoms. The van der Waals surface area contributed by atoms with Crippen LogP contribution in [0.5, 0.6) is 0 Å². The van der Waals surface area contributed by atoms with Crippen LogP contribution in [-0.2, 0) is 26.3 Å². The summed E-state index contributed by atoms with van der Waals surface area (Å²) in [6.45, 7) is 5.25. The van der Waals surface area contributed by atoms with Gasteiger partial charge < -0.3 is 20.0 Å². The monoisotopic (exact) mass is 406 g/mol. The van der Waals surface area contributed by atoms with E-state index in [2.05, 4.69) is 15.6 Å². The van der Waals surface area contributed by atoms with Crippen LogP contribution in [0.3, 0.4) is 0 Å². The maximum atomic E-state index is 13.3. The van der Waals surface area contributed by atoms with Crippen molar-refractivity contribution in [1.29, 1.82) is 0 Å². The maximum Gasteiger partial charge on any atom is 0.248 e. The van der Waals surface area contributed by atoms with Gasteiger partial charge in [-0.15, -0.1) is 0 Å². The van der Waals surface area contributed by atoms with Crippen molar-refractivity contribution in [2.45, 2.75) is 51.6 Å². The molecule has 2 amide bonds. The van der Waals surface area contributed by atoms with Crippen molar-refractivity contribution in [3.05, 3.63) is 47.9 Å². The Balaban J connectivity index is 2.03. The van der Waals surface area contributed by atoms with E-state index in [-0.39, 0.29) is 17.8 Å². The average Bonchev–Trinajstić information content (AvgIpc) is 3.09. The van der Waals surface area contributed by atoms with E-state index in [4.69, 9.17) is 0 Å². The zero-order valence-electron chi connectivity index (χ0n) is 16.5. The highest BCUT2D eigenvalue weighted by Gasteiger charge is 2.23. The summed E-state index contributed by atoms with van der Waals surface area (Å²) in [5, 5.41) is 5.20. The smallest absolute Gasteiger partial charge is 0.248 e. The van der Waals surface area contributed by atoms with Crippen LogP contribution in [-0.4, -0.2) is 33.7 Å². The van der Waals surface area contributed by atoms with Crippen LogP contribution < -0.4 is 10.6 Å². The molecule has 0 radical (unpaired) electrons. The molecule has 2 N–H and O–H groups in total. The molecule has 1 atom stereocenters. The Labute approximate surface area is 167 Å². The largest absolute Gasteiger partial charge is 0.344 e. The number of nitrogens with one attached hydrogen (secondary N) is 2. The average molecular weight is 406 g/mol. The fourth-order valence-corrected chi connectivity index (χ4v) is 2.68. The lowest BCUT2D eigenvalue weighted by molar-refractivity contribution is -0.126. The predicted molar refractivity (Wildman–Crippen MR) is 103 cm³/mol. The molecule has 0 saturated heterocycles. The lowest BCUT2D eigenvalue weighted by atomic mass is 10.1. The minimum absolute atomic E-state index is 0.172. The minimum atomic E-state index is -0.838. The summed E-state index contributed by atoms with van der Waals surface area (Å²) in [6, 6.07) is 2.02. The third kappa shape index (κ3) is 6.20. The summed E-state index contributed by atoms with van der Waals surface area (Å²) >= 11 is 0. The van der Waals surface area contributed by atoms with Crippen LogP contribution in [0.4, 0.5) is 14.6 Å². The van der Waals surface area contributed by atoms with Gasteiger partial charge in [-0.3, -0.25) is 9.59 Å². The second-order valence-electron chi connectivity index (χ2n) is 7.29. The van der Waals surface area contributed by atoms with Gasteiger partial charge >= 0.3 is 0 Å². The number of amides is 2. The number of hydrogen-bond donors (Lipinski definition) is 2. The number of aldehydes is 1. The van der Waals surface area contributed by atoms with Gasteiger partial charge in [0.25, 0.3) is 0 Å². The first-order chi connectivity index (χ1) is 13.6. The number of carbonyl (C=O) groups is 3. The van der Waals surface area contributed by atoms with E-state index in [9.17, 15) is 23.2 Å². The number of hydrogen-bond acceptors (Lipinski definition) is 4. The molecule has 0 aliphatic heterocycles. The quantitative estimate of drug-likeness (QED) is 0.626. The van der Waals surface area contributed by atoms with Crippen molar-refractivity contribution in [2.24, 2.45) is 0 Å². The topological polar surface area (TPSA) is 93.1 Å². The molecule has 9 heteroatoms. The van der Waals surface area contributed by atoms with Crippen LogP contribution in [0.25, 0.3) is 0 Å². The van der Waals surface area contributed by atoms with Crippen LogP contribution in [0.2, 0.25) is 0 Å². The minimum Gasteiger partial charge on any atom is -0.344 e. The summed E-state index contributed by atoms with van der Waals surface area (Å²) < 4.78 is 28.1. The van der Waals surface area contributed by atoms with E-state index in [0.29, 0.717) is 12.8 Å². The number of halogens is 2. The molecule has 0 fully saturated rings. The number of nitrogens with zero attached hydrogens (tertiary/aromatic N) is 2. The Morgan fingerprint density at radius 1 is 1.24 bits per heavy atom. The number of aromatic nitrogens is 2. The van der Waals surface area contributed by atoms with Gasteiger partial charge in [0, 0.05) is 12.3 Å². The number of carbonyl (C=O) groups excluding carboxylic acids is 3. The molecule has 0 saturated carbocycles. The second kappa shape index (κ2) is 9.40. The normalized spacial score (nSPS) is 12.3. The standard InChI is InChI=1S/C20H24F2N4O3/c1-4-5-16(24-18(28)8-13-6-14(21)9-15(22)7-13)19(29)25-17-10-26(12-23-17)20(2,3)11-27/h6-7,9-12,16H,4-5,8H2,1-3H3,(H,24,28)(H,25,29). The fraction of sp³-hybridized carbons (Fsp3) is 0.400. The molecule has 0 aliphatic carbocycles. The van der Waals surface area contributed by atoms with Gasteiger partial charge in [0.1, 0.15) is 24.0 Å². The van der Waals surface area contributed by atoms with E-state index < -0.39 is 35.0 Å². The first-order valence-corrected chi connectivity index (χ1v) is 9.20. The van der Waals surface area contributed by atoms with Crippen molar-refractivity contribution in [1.82, 2.24) is 14.9 Å². The lowest BCUT2D eigenvalue weighted by Crippen LogP contribution is -2.44. The molecule has 2 rings (SSSR count). The maximum absolute atomic E-state index is 13.3. The zero-order valence-corrected chi connectivity index (χ0v) is 16.5. The molecule has 1 aromatic carbocycles. The van der Waals surface area contributed by atoms with E-state index in [1.807, 2.05) is 6.92 Å². The molecule has 1 aromatic heterocycles. The Kier molecular flexibility index (Phi) is 7.19. The second-order valence-corrected chi connectivity index (χ2v) is 7.29. The molecule has 2 aromatic rings. The highest BCUT2D eigenvalue weighted by atomic mass is 19.1. The lowest BCUT2D eigenvalue weighted by Gasteiger charge is -2.18. The molecule has 156 valence electrons. The molecule has 0 aliphatic rings. The zero-order chi connectivity index (χ0) is 21.6. The number of rotatable bonds is 9. The van der Waals surface area contributed by atoms with Crippen molar-refractivity contribution in [2.75, 3.05) is 5.32 Å². The SMILES string of the molecule is CCCC(NC(=O)Cc1cc(F)cc(F)c1)C(=O)Nc1cn(C(C)(C)C=O)cn1. The highest BCUT2D eigenvalue weighted by molar-refractivity contribution is 5.96. The molecule has 29 heavy (non-hydrogen) atoms. The Morgan fingerprint density at radius 3 is 2.48 bits per heavy atom. The van der Waals surface area contributed by atoms with Gasteiger partial charge in [0.15, 0.2) is 5.82 Å². The Hall–Kier alpha value is -3.10. The van der Waals surface area contributed by atoms with Crippen molar-refractivity contribution >= 4 is 23.9 Å². The van der Waals surface area contributed by atoms with Gasteiger partial charge in [0.05, 0.1) is 18.3 Å². The third-order valence-electron chi connectivity index (χ3n) is 4.30. The molecule has 1 unspecified atom stereocenters. The summed E-state index contributed by atoms with van der Waals surface area (Å²) in [5.74, 6) is -2.31. The van der Waals surface area contributed by atoms with Gasteiger partial charge in [0.2, 0.25) is 11.8 Å². The van der Waals surface area contributed by atoms with E-state index in [0.717, 1.165) is 24.5 Å². The summed E-state index contributed by atoms with van der Waals surface area (Å²) in [5.41, 5.74) is -0.641. The highest BCUT2D eigenvalue weighted by Crippen LogP contribution is 2.15. The molecule has 0 bridgehead atoms. The van der Waals surface area contributed by atoms with Crippen LogP contribution in [0.1, 0.15) is 39.2 Å². The Morgan fingerprint density at radius 2 is 1.90 bits per heavy atom. The van der Waals surface area contributed by atoms with Gasteiger partial charge in [-0.05, 0) is 38.0 Å². The van der Waals surface area contributed by atoms with E-state index in [1.165, 1.54) is 12.5 Å². The molecule has 7 nitrogen and oxygen atoms in total. The van der Waals surface area contributed by atoms with Gasteiger partial charge in [-0.2, -0.15) is 0 Å². The van der Waals surface area contributed by atoms with Crippen LogP contribution in [0.15, 0.2) is 30.7 Å². The first-order valence-electron chi connectivity index (χ1n) is 9.20. The number of anilines is 1. The van der Waals surface area contributed by atoms with Crippen LogP contribution >= 0.6 is 0 Å². The predicted octanol–water partition coefficient (Wildman–Crippen LogP) is 2.56. The van der Waals surface area contributed by atoms with Crippen molar-refractivity contribution in [3.63, 3.8) is 0 Å². The van der Waals surface area contributed by atoms with E-state index in [1.54, 1.807) is 18.4 Å². The third-order valence-corrected chi connectivity index (χ3v) is 4.30. The number of imidazole rings is 1. The molecular formula is C20H24F2N4O3. The van der Waals surface area contributed by atoms with Crippen LogP contribution in [0, 0.1) is 11.6 Å². The first kappa shape index (κ1) is 22.2. The summed E-state index contributed by atoms with van der Waals surface area (Å²) in [7, 11) is 0. The molecular weight excluding hydrogens is 382 g/mol. The fourth-order valence-electron chi connectivity index (χ4n) is 2.68. The van der Waals surface area contributed by atoms with Gasteiger partial charge in [-0.25, -0.2) is 13.8 Å². The Bertz CT molecular complexity index is 875. The number of benzene rings is 1. The van der Waals surface area contributed by atoms with Gasteiger partial charge in [-0.1, -0.05) is 13.3 Å². The van der Waals surface area contributed by atoms with Crippen molar-refractivity contribution in [3.8, 4) is 0 Å². The summed E-state index contributed by atoms with van der Waals surface area (Å²) in [6.07, 6.45) is 4.44.